The number of fused-ring (bicyclic) bond motifs is 1. The van der Waals surface area contributed by atoms with E-state index in [1.165, 1.54) is 0 Å². The van der Waals surface area contributed by atoms with Crippen LogP contribution >= 0.6 is 0 Å². The van der Waals surface area contributed by atoms with Gasteiger partial charge >= 0.3 is 0 Å². The number of pyridine rings is 1. The molecule has 0 aliphatic heterocycles. The van der Waals surface area contributed by atoms with Crippen LogP contribution in [0.25, 0.3) is 5.65 Å². The molecule has 1 unspecified atom stereocenters. The first-order valence-electron chi connectivity index (χ1n) is 5.59. The molecule has 2 aromatic heterocycles. The molecule has 0 radical (unpaired) electrons. The zero-order valence-electron chi connectivity index (χ0n) is 10.0. The number of aromatic nitrogens is 2. The van der Waals surface area contributed by atoms with Gasteiger partial charge in [-0.1, -0.05) is 6.07 Å². The Morgan fingerprint density at radius 3 is 2.88 bits per heavy atom. The van der Waals surface area contributed by atoms with Gasteiger partial charge in [0.1, 0.15) is 5.65 Å². The van der Waals surface area contributed by atoms with Crippen molar-refractivity contribution in [2.75, 3.05) is 18.5 Å². The molecule has 2 heterocycles. The monoisotopic (exact) mass is 235 g/mol. The summed E-state index contributed by atoms with van der Waals surface area (Å²) < 4.78 is 1.86. The average Bonchev–Trinajstić information content (AvgIpc) is 2.66. The molecular formula is C12H17N3O2. The second-order valence-corrected chi connectivity index (χ2v) is 4.20. The molecule has 0 saturated heterocycles. The molecule has 1 atom stereocenters. The maximum absolute atomic E-state index is 9.44. The molecule has 0 bridgehead atoms. The van der Waals surface area contributed by atoms with Gasteiger partial charge in [0.05, 0.1) is 18.4 Å². The molecular weight excluding hydrogens is 218 g/mol. The van der Waals surface area contributed by atoms with Crippen molar-refractivity contribution in [3.8, 4) is 0 Å². The van der Waals surface area contributed by atoms with Crippen LogP contribution in [-0.4, -0.2) is 39.3 Å². The van der Waals surface area contributed by atoms with Gasteiger partial charge in [0, 0.05) is 19.8 Å². The van der Waals surface area contributed by atoms with Crippen molar-refractivity contribution in [2.45, 2.75) is 19.6 Å². The van der Waals surface area contributed by atoms with Gasteiger partial charge in [-0.05, 0) is 19.1 Å². The minimum absolute atomic E-state index is 0.0787. The van der Waals surface area contributed by atoms with E-state index in [1.807, 2.05) is 40.7 Å². The van der Waals surface area contributed by atoms with E-state index in [9.17, 15) is 10.2 Å². The van der Waals surface area contributed by atoms with Crippen molar-refractivity contribution in [3.05, 3.63) is 30.1 Å². The summed E-state index contributed by atoms with van der Waals surface area (Å²) in [5.41, 5.74) is 1.53. The molecule has 0 saturated carbocycles. The number of imidazole rings is 1. The Kier molecular flexibility index (Phi) is 3.31. The Bertz CT molecular complexity index is 507. The van der Waals surface area contributed by atoms with Gasteiger partial charge in [-0.15, -0.1) is 0 Å². The van der Waals surface area contributed by atoms with E-state index in [-0.39, 0.29) is 6.61 Å². The second kappa shape index (κ2) is 4.73. The van der Waals surface area contributed by atoms with Crippen molar-refractivity contribution in [3.63, 3.8) is 0 Å². The molecule has 5 nitrogen and oxygen atoms in total. The van der Waals surface area contributed by atoms with Crippen LogP contribution in [0.15, 0.2) is 24.4 Å². The average molecular weight is 235 g/mol. The number of hydrogen-bond donors (Lipinski definition) is 2. The predicted molar refractivity (Wildman–Crippen MR) is 66.1 cm³/mol. The Morgan fingerprint density at radius 2 is 2.24 bits per heavy atom. The Balaban J connectivity index is 2.45. The van der Waals surface area contributed by atoms with Crippen molar-refractivity contribution < 1.29 is 10.2 Å². The van der Waals surface area contributed by atoms with E-state index in [4.69, 9.17) is 0 Å². The normalized spacial score (nSPS) is 12.9. The first-order chi connectivity index (χ1) is 8.13. The van der Waals surface area contributed by atoms with E-state index in [0.29, 0.717) is 12.4 Å². The summed E-state index contributed by atoms with van der Waals surface area (Å²) in [4.78, 5) is 6.30. The van der Waals surface area contributed by atoms with Gasteiger partial charge in [0.25, 0.3) is 0 Å². The third kappa shape index (κ3) is 2.25. The largest absolute Gasteiger partial charge is 0.392 e. The fourth-order valence-corrected chi connectivity index (χ4v) is 1.97. The SMILES string of the molecule is CC(O)CN(C)c1nc2ccccn2c1CO. The molecule has 2 aromatic rings. The van der Waals surface area contributed by atoms with Crippen molar-refractivity contribution in [1.82, 2.24) is 9.38 Å². The highest BCUT2D eigenvalue weighted by Gasteiger charge is 2.15. The van der Waals surface area contributed by atoms with Crippen molar-refractivity contribution in [2.24, 2.45) is 0 Å². The summed E-state index contributed by atoms with van der Waals surface area (Å²) in [6.45, 7) is 2.13. The van der Waals surface area contributed by atoms with E-state index >= 15 is 0 Å². The molecule has 17 heavy (non-hydrogen) atoms. The summed E-state index contributed by atoms with van der Waals surface area (Å²) in [7, 11) is 1.85. The van der Waals surface area contributed by atoms with Gasteiger partial charge in [0.15, 0.2) is 5.82 Å². The maximum atomic E-state index is 9.44. The molecule has 5 heteroatoms. The van der Waals surface area contributed by atoms with Gasteiger partial charge in [-0.3, -0.25) is 4.40 Å². The van der Waals surface area contributed by atoms with Crippen LogP contribution in [0, 0.1) is 0 Å². The number of anilines is 1. The summed E-state index contributed by atoms with van der Waals surface area (Å²) >= 11 is 0. The highest BCUT2D eigenvalue weighted by molar-refractivity contribution is 5.55. The third-order valence-corrected chi connectivity index (χ3v) is 2.66. The molecule has 0 aromatic carbocycles. The number of likely N-dealkylation sites (N-methyl/N-ethyl adjacent to an activating group) is 1. The summed E-state index contributed by atoms with van der Waals surface area (Å²) in [6.07, 6.45) is 1.43. The lowest BCUT2D eigenvalue weighted by molar-refractivity contribution is 0.201. The highest BCUT2D eigenvalue weighted by Crippen LogP contribution is 2.20. The van der Waals surface area contributed by atoms with Crippen LogP contribution in [0.1, 0.15) is 12.6 Å². The van der Waals surface area contributed by atoms with E-state index in [1.54, 1.807) is 6.92 Å². The highest BCUT2D eigenvalue weighted by atomic mass is 16.3. The fraction of sp³-hybridized carbons (Fsp3) is 0.417. The van der Waals surface area contributed by atoms with Crippen LogP contribution in [0.4, 0.5) is 5.82 Å². The van der Waals surface area contributed by atoms with Gasteiger partial charge < -0.3 is 15.1 Å². The van der Waals surface area contributed by atoms with Crippen LogP contribution in [0.5, 0.6) is 0 Å². The van der Waals surface area contributed by atoms with Crippen molar-refractivity contribution in [1.29, 1.82) is 0 Å². The lowest BCUT2D eigenvalue weighted by Crippen LogP contribution is -2.28. The maximum Gasteiger partial charge on any atom is 0.153 e. The van der Waals surface area contributed by atoms with E-state index in [0.717, 1.165) is 11.3 Å². The molecule has 92 valence electrons. The van der Waals surface area contributed by atoms with Crippen LogP contribution in [0.2, 0.25) is 0 Å². The van der Waals surface area contributed by atoms with Crippen LogP contribution < -0.4 is 4.90 Å². The van der Waals surface area contributed by atoms with E-state index in [2.05, 4.69) is 4.98 Å². The van der Waals surface area contributed by atoms with Gasteiger partial charge in [0.2, 0.25) is 0 Å². The quantitative estimate of drug-likeness (QED) is 0.816. The molecule has 0 fully saturated rings. The summed E-state index contributed by atoms with van der Waals surface area (Å²) in [6, 6.07) is 5.69. The molecule has 2 N–H and O–H groups in total. The number of aliphatic hydroxyl groups excluding tert-OH is 2. The van der Waals surface area contributed by atoms with Crippen molar-refractivity contribution >= 4 is 11.5 Å². The Labute approximate surface area is 99.9 Å². The molecule has 0 aliphatic rings. The lowest BCUT2D eigenvalue weighted by Gasteiger charge is -2.19. The zero-order valence-corrected chi connectivity index (χ0v) is 10.0. The number of rotatable bonds is 4. The molecule has 0 spiro atoms. The molecule has 0 amide bonds. The Morgan fingerprint density at radius 1 is 1.47 bits per heavy atom. The standard InChI is InChI=1S/C12H17N3O2/c1-9(17)7-14(2)12-10(8-16)15-6-4-3-5-11(15)13-12/h3-6,9,16-17H,7-8H2,1-2H3. The van der Waals surface area contributed by atoms with E-state index < -0.39 is 6.10 Å². The van der Waals surface area contributed by atoms with Gasteiger partial charge in [-0.2, -0.15) is 0 Å². The minimum atomic E-state index is -0.434. The van der Waals surface area contributed by atoms with Crippen LogP contribution in [0.3, 0.4) is 0 Å². The topological polar surface area (TPSA) is 61.0 Å². The number of hydrogen-bond acceptors (Lipinski definition) is 4. The smallest absolute Gasteiger partial charge is 0.153 e. The lowest BCUT2D eigenvalue weighted by atomic mass is 10.3. The predicted octanol–water partition coefficient (Wildman–Crippen LogP) is 0.644. The third-order valence-electron chi connectivity index (χ3n) is 2.66. The zero-order chi connectivity index (χ0) is 12.4. The first-order valence-corrected chi connectivity index (χ1v) is 5.59. The fourth-order valence-electron chi connectivity index (χ4n) is 1.97. The number of aliphatic hydroxyl groups is 2. The second-order valence-electron chi connectivity index (χ2n) is 4.20. The van der Waals surface area contributed by atoms with Gasteiger partial charge in [-0.25, -0.2) is 4.98 Å². The summed E-state index contributed by atoms with van der Waals surface area (Å²) in [5, 5.41) is 18.8. The molecule has 2 rings (SSSR count). The molecule has 0 aliphatic carbocycles. The number of nitrogens with zero attached hydrogens (tertiary/aromatic N) is 3. The first kappa shape index (κ1) is 11.9. The Hall–Kier alpha value is -1.59. The minimum Gasteiger partial charge on any atom is -0.392 e. The van der Waals surface area contributed by atoms with Crippen LogP contribution in [-0.2, 0) is 6.61 Å². The summed E-state index contributed by atoms with van der Waals surface area (Å²) in [5.74, 6) is 0.708.